The number of anilines is 1. The molecule has 0 radical (unpaired) electrons. The number of furan rings is 1. The first-order valence-corrected chi connectivity index (χ1v) is 8.20. The molecular formula is C20H21NO2. The lowest BCUT2D eigenvalue weighted by atomic mass is 10.1. The van der Waals surface area contributed by atoms with Crippen LogP contribution >= 0.6 is 0 Å². The summed E-state index contributed by atoms with van der Waals surface area (Å²) in [7, 11) is 0. The molecule has 118 valence electrons. The van der Waals surface area contributed by atoms with Crippen molar-refractivity contribution in [3.63, 3.8) is 0 Å². The average molecular weight is 307 g/mol. The van der Waals surface area contributed by atoms with E-state index >= 15 is 0 Å². The number of fused-ring (bicyclic) bond motifs is 1. The van der Waals surface area contributed by atoms with Crippen molar-refractivity contribution in [1.29, 1.82) is 0 Å². The standard InChI is InChI=1S/C20H21NO2/c1-15-7-8-18-17(13-15)20(21-9-11-22-12-10-21)19(23-18)14-16-5-3-2-4-6-16/h2-8,13H,9-12,14H2,1H3. The summed E-state index contributed by atoms with van der Waals surface area (Å²) in [5.74, 6) is 1.05. The fraction of sp³-hybridized carbons (Fsp3) is 0.300. The lowest BCUT2D eigenvalue weighted by Gasteiger charge is -2.29. The largest absolute Gasteiger partial charge is 0.458 e. The molecule has 1 aliphatic rings. The second-order valence-corrected chi connectivity index (χ2v) is 6.14. The molecule has 1 fully saturated rings. The van der Waals surface area contributed by atoms with E-state index in [1.165, 1.54) is 22.2 Å². The minimum atomic E-state index is 0.781. The number of nitrogens with zero attached hydrogens (tertiary/aromatic N) is 1. The summed E-state index contributed by atoms with van der Waals surface area (Å²) in [6.07, 6.45) is 0.821. The van der Waals surface area contributed by atoms with E-state index in [0.717, 1.165) is 44.1 Å². The zero-order valence-corrected chi connectivity index (χ0v) is 13.4. The van der Waals surface area contributed by atoms with E-state index in [2.05, 4.69) is 54.3 Å². The summed E-state index contributed by atoms with van der Waals surface area (Å²) in [6.45, 7) is 5.54. The predicted molar refractivity (Wildman–Crippen MR) is 93.2 cm³/mol. The maximum absolute atomic E-state index is 6.23. The number of ether oxygens (including phenoxy) is 1. The van der Waals surface area contributed by atoms with Crippen LogP contribution in [0.15, 0.2) is 52.9 Å². The monoisotopic (exact) mass is 307 g/mol. The highest BCUT2D eigenvalue weighted by Gasteiger charge is 2.22. The average Bonchev–Trinajstić information content (AvgIpc) is 2.93. The van der Waals surface area contributed by atoms with E-state index in [-0.39, 0.29) is 0 Å². The highest BCUT2D eigenvalue weighted by atomic mass is 16.5. The van der Waals surface area contributed by atoms with Crippen molar-refractivity contribution in [2.24, 2.45) is 0 Å². The zero-order valence-electron chi connectivity index (χ0n) is 13.4. The first-order chi connectivity index (χ1) is 11.3. The van der Waals surface area contributed by atoms with Gasteiger partial charge < -0.3 is 14.1 Å². The van der Waals surface area contributed by atoms with Gasteiger partial charge in [0.05, 0.1) is 18.9 Å². The molecule has 1 saturated heterocycles. The summed E-state index contributed by atoms with van der Waals surface area (Å²) in [5.41, 5.74) is 4.76. The van der Waals surface area contributed by atoms with Crippen LogP contribution in [-0.4, -0.2) is 26.3 Å². The number of morpholine rings is 1. The number of rotatable bonds is 3. The molecule has 0 N–H and O–H groups in total. The Morgan fingerprint density at radius 1 is 1.00 bits per heavy atom. The third-order valence-electron chi connectivity index (χ3n) is 4.42. The van der Waals surface area contributed by atoms with Crippen LogP contribution in [0.25, 0.3) is 11.0 Å². The van der Waals surface area contributed by atoms with Gasteiger partial charge in [-0.3, -0.25) is 0 Å². The van der Waals surface area contributed by atoms with Crippen LogP contribution in [0.2, 0.25) is 0 Å². The maximum Gasteiger partial charge on any atom is 0.136 e. The summed E-state index contributed by atoms with van der Waals surface area (Å²) in [4.78, 5) is 2.41. The van der Waals surface area contributed by atoms with Crippen molar-refractivity contribution >= 4 is 16.7 Å². The molecule has 3 aromatic rings. The van der Waals surface area contributed by atoms with Gasteiger partial charge in [0.15, 0.2) is 0 Å². The first-order valence-electron chi connectivity index (χ1n) is 8.20. The van der Waals surface area contributed by atoms with Gasteiger partial charge in [-0.25, -0.2) is 0 Å². The van der Waals surface area contributed by atoms with Crippen molar-refractivity contribution < 1.29 is 9.15 Å². The number of aryl methyl sites for hydroxylation is 1. The number of hydrogen-bond acceptors (Lipinski definition) is 3. The van der Waals surface area contributed by atoms with Crippen LogP contribution in [0.4, 0.5) is 5.69 Å². The fourth-order valence-corrected chi connectivity index (χ4v) is 3.28. The van der Waals surface area contributed by atoms with E-state index < -0.39 is 0 Å². The smallest absolute Gasteiger partial charge is 0.136 e. The van der Waals surface area contributed by atoms with Crippen molar-refractivity contribution in [2.75, 3.05) is 31.2 Å². The molecule has 23 heavy (non-hydrogen) atoms. The second kappa shape index (κ2) is 6.09. The minimum Gasteiger partial charge on any atom is -0.458 e. The first kappa shape index (κ1) is 14.3. The van der Waals surface area contributed by atoms with Crippen molar-refractivity contribution in [3.8, 4) is 0 Å². The van der Waals surface area contributed by atoms with Gasteiger partial charge in [0, 0.05) is 24.9 Å². The van der Waals surface area contributed by atoms with Gasteiger partial charge in [0.2, 0.25) is 0 Å². The Balaban J connectivity index is 1.81. The summed E-state index contributed by atoms with van der Waals surface area (Å²) in [6, 6.07) is 17.0. The Morgan fingerprint density at radius 2 is 1.78 bits per heavy atom. The molecule has 2 aromatic carbocycles. The Bertz CT molecular complexity index is 801. The minimum absolute atomic E-state index is 0.781. The van der Waals surface area contributed by atoms with Crippen LogP contribution in [-0.2, 0) is 11.2 Å². The molecule has 0 aliphatic carbocycles. The summed E-state index contributed by atoms with van der Waals surface area (Å²) in [5, 5.41) is 1.22. The van der Waals surface area contributed by atoms with Gasteiger partial charge in [-0.15, -0.1) is 0 Å². The molecule has 0 amide bonds. The third-order valence-corrected chi connectivity index (χ3v) is 4.42. The number of benzene rings is 2. The molecule has 3 nitrogen and oxygen atoms in total. The molecular weight excluding hydrogens is 286 g/mol. The molecule has 4 rings (SSSR count). The molecule has 0 bridgehead atoms. The van der Waals surface area contributed by atoms with Crippen LogP contribution in [0.5, 0.6) is 0 Å². The van der Waals surface area contributed by atoms with Gasteiger partial charge in [0.25, 0.3) is 0 Å². The fourth-order valence-electron chi connectivity index (χ4n) is 3.28. The van der Waals surface area contributed by atoms with E-state index in [1.807, 2.05) is 6.07 Å². The predicted octanol–water partition coefficient (Wildman–Crippen LogP) is 4.17. The molecule has 2 heterocycles. The maximum atomic E-state index is 6.23. The molecule has 0 spiro atoms. The highest BCUT2D eigenvalue weighted by Crippen LogP contribution is 2.36. The van der Waals surface area contributed by atoms with E-state index in [0.29, 0.717) is 0 Å². The van der Waals surface area contributed by atoms with Crippen molar-refractivity contribution in [1.82, 2.24) is 0 Å². The summed E-state index contributed by atoms with van der Waals surface area (Å²) >= 11 is 0. The van der Waals surface area contributed by atoms with Crippen molar-refractivity contribution in [3.05, 3.63) is 65.4 Å². The lowest BCUT2D eigenvalue weighted by molar-refractivity contribution is 0.122. The van der Waals surface area contributed by atoms with Gasteiger partial charge in [-0.2, -0.15) is 0 Å². The zero-order chi connectivity index (χ0) is 15.6. The van der Waals surface area contributed by atoms with Gasteiger partial charge in [0.1, 0.15) is 11.3 Å². The molecule has 0 unspecified atom stereocenters. The Morgan fingerprint density at radius 3 is 2.57 bits per heavy atom. The van der Waals surface area contributed by atoms with Crippen LogP contribution in [0, 0.1) is 6.92 Å². The topological polar surface area (TPSA) is 25.6 Å². The molecule has 1 aliphatic heterocycles. The van der Waals surface area contributed by atoms with E-state index in [1.54, 1.807) is 0 Å². The quantitative estimate of drug-likeness (QED) is 0.726. The highest BCUT2D eigenvalue weighted by molar-refractivity contribution is 5.93. The Labute approximate surface area is 136 Å². The molecule has 0 saturated carbocycles. The normalized spacial score (nSPS) is 15.3. The van der Waals surface area contributed by atoms with Crippen molar-refractivity contribution in [2.45, 2.75) is 13.3 Å². The van der Waals surface area contributed by atoms with Crippen LogP contribution in [0.3, 0.4) is 0 Å². The second-order valence-electron chi connectivity index (χ2n) is 6.14. The van der Waals surface area contributed by atoms with Crippen LogP contribution in [0.1, 0.15) is 16.9 Å². The molecule has 0 atom stereocenters. The van der Waals surface area contributed by atoms with Gasteiger partial charge in [-0.1, -0.05) is 42.0 Å². The molecule has 1 aromatic heterocycles. The lowest BCUT2D eigenvalue weighted by Crippen LogP contribution is -2.36. The van der Waals surface area contributed by atoms with Gasteiger partial charge in [-0.05, 0) is 24.6 Å². The third kappa shape index (κ3) is 2.84. The Hall–Kier alpha value is -2.26. The Kier molecular flexibility index (Phi) is 3.80. The number of hydrogen-bond donors (Lipinski definition) is 0. The SMILES string of the molecule is Cc1ccc2oc(Cc3ccccc3)c(N3CCOCC3)c2c1. The van der Waals surface area contributed by atoms with Crippen LogP contribution < -0.4 is 4.90 Å². The molecule has 3 heteroatoms. The van der Waals surface area contributed by atoms with E-state index in [4.69, 9.17) is 9.15 Å². The van der Waals surface area contributed by atoms with E-state index in [9.17, 15) is 0 Å². The van der Waals surface area contributed by atoms with Gasteiger partial charge >= 0.3 is 0 Å². The summed E-state index contributed by atoms with van der Waals surface area (Å²) < 4.78 is 11.7.